The standard InChI is InChI=1S/C14H19F3N2O.ClH/c1-13(2,3)11(18)12(20)19-10-6-4-5-9(7-10)8-14(15,16)17;/h4-7,11H,8,18H2,1-3H3,(H,19,20);1H/t11-;/m1./s1. The van der Waals surface area contributed by atoms with E-state index in [4.69, 9.17) is 5.73 Å². The molecular weight excluding hydrogens is 305 g/mol. The number of amides is 1. The first kappa shape index (κ1) is 19.7. The fourth-order valence-electron chi connectivity index (χ4n) is 1.60. The predicted octanol–water partition coefficient (Wildman–Crippen LogP) is 3.53. The van der Waals surface area contributed by atoms with Crippen LogP contribution in [0.25, 0.3) is 0 Å². The van der Waals surface area contributed by atoms with Crippen molar-refractivity contribution >= 4 is 24.0 Å². The third-order valence-electron chi connectivity index (χ3n) is 2.81. The Hall–Kier alpha value is -1.27. The molecule has 0 saturated carbocycles. The quantitative estimate of drug-likeness (QED) is 0.893. The molecule has 3 N–H and O–H groups in total. The van der Waals surface area contributed by atoms with Gasteiger partial charge in [-0.25, -0.2) is 0 Å². The monoisotopic (exact) mass is 324 g/mol. The third-order valence-corrected chi connectivity index (χ3v) is 2.81. The van der Waals surface area contributed by atoms with E-state index in [0.29, 0.717) is 5.69 Å². The molecule has 7 heteroatoms. The Morgan fingerprint density at radius 2 is 1.86 bits per heavy atom. The number of hydrogen-bond acceptors (Lipinski definition) is 2. The maximum atomic E-state index is 12.3. The summed E-state index contributed by atoms with van der Waals surface area (Å²) < 4.78 is 36.9. The molecule has 0 aliphatic carbocycles. The molecule has 0 spiro atoms. The van der Waals surface area contributed by atoms with Crippen LogP contribution in [0.15, 0.2) is 24.3 Å². The zero-order chi connectivity index (χ0) is 15.6. The SMILES string of the molecule is CC(C)(C)[C@H](N)C(=O)Nc1cccc(CC(F)(F)F)c1.Cl. The fraction of sp³-hybridized carbons (Fsp3) is 0.500. The molecule has 3 nitrogen and oxygen atoms in total. The van der Waals surface area contributed by atoms with Crippen LogP contribution in [-0.2, 0) is 11.2 Å². The number of nitrogens with two attached hydrogens (primary N) is 1. The summed E-state index contributed by atoms with van der Waals surface area (Å²) in [6.45, 7) is 5.45. The van der Waals surface area contributed by atoms with E-state index in [0.717, 1.165) is 0 Å². The first-order chi connectivity index (χ1) is 8.99. The Morgan fingerprint density at radius 3 is 2.33 bits per heavy atom. The molecule has 0 bridgehead atoms. The number of carbonyl (C=O) groups excluding carboxylic acids is 1. The number of benzene rings is 1. The Balaban J connectivity index is 0.00000400. The van der Waals surface area contributed by atoms with E-state index >= 15 is 0 Å². The average molecular weight is 325 g/mol. The highest BCUT2D eigenvalue weighted by Gasteiger charge is 2.29. The largest absolute Gasteiger partial charge is 0.393 e. The number of nitrogens with one attached hydrogen (secondary N) is 1. The summed E-state index contributed by atoms with van der Waals surface area (Å²) in [5, 5.41) is 2.54. The minimum atomic E-state index is -4.27. The molecule has 1 aromatic carbocycles. The van der Waals surface area contributed by atoms with Gasteiger partial charge in [0.25, 0.3) is 0 Å². The number of hydrogen-bond donors (Lipinski definition) is 2. The van der Waals surface area contributed by atoms with Crippen LogP contribution in [0.2, 0.25) is 0 Å². The molecule has 1 rings (SSSR count). The topological polar surface area (TPSA) is 55.1 Å². The molecule has 120 valence electrons. The summed E-state index contributed by atoms with van der Waals surface area (Å²) in [6.07, 6.45) is -5.30. The molecule has 1 atom stereocenters. The molecule has 0 radical (unpaired) electrons. The lowest BCUT2D eigenvalue weighted by Gasteiger charge is -2.25. The molecule has 0 unspecified atom stereocenters. The summed E-state index contributed by atoms with van der Waals surface area (Å²) >= 11 is 0. The van der Waals surface area contributed by atoms with E-state index < -0.39 is 30.0 Å². The predicted molar refractivity (Wildman–Crippen MR) is 79.5 cm³/mol. The van der Waals surface area contributed by atoms with Crippen LogP contribution >= 0.6 is 12.4 Å². The fourth-order valence-corrected chi connectivity index (χ4v) is 1.60. The first-order valence-electron chi connectivity index (χ1n) is 6.21. The molecule has 0 fully saturated rings. The van der Waals surface area contributed by atoms with Crippen LogP contribution in [0.1, 0.15) is 26.3 Å². The van der Waals surface area contributed by atoms with Gasteiger partial charge in [-0.3, -0.25) is 4.79 Å². The molecular formula is C14H20ClF3N2O. The van der Waals surface area contributed by atoms with Crippen LogP contribution < -0.4 is 11.1 Å². The van der Waals surface area contributed by atoms with Gasteiger partial charge in [0.1, 0.15) is 0 Å². The summed E-state index contributed by atoms with van der Waals surface area (Å²) in [6, 6.07) is 4.94. The van der Waals surface area contributed by atoms with Gasteiger partial charge < -0.3 is 11.1 Å². The number of rotatable bonds is 3. The lowest BCUT2D eigenvalue weighted by molar-refractivity contribution is -0.127. The van der Waals surface area contributed by atoms with Crippen molar-refractivity contribution in [2.24, 2.45) is 11.1 Å². The van der Waals surface area contributed by atoms with Crippen LogP contribution in [0.3, 0.4) is 0 Å². The second-order valence-corrected chi connectivity index (χ2v) is 5.83. The molecule has 1 amide bonds. The van der Waals surface area contributed by atoms with Crippen molar-refractivity contribution in [3.8, 4) is 0 Å². The van der Waals surface area contributed by atoms with E-state index in [2.05, 4.69) is 5.32 Å². The summed E-state index contributed by atoms with van der Waals surface area (Å²) in [5.74, 6) is -0.415. The summed E-state index contributed by atoms with van der Waals surface area (Å²) in [4.78, 5) is 11.9. The van der Waals surface area contributed by atoms with E-state index in [9.17, 15) is 18.0 Å². The van der Waals surface area contributed by atoms with Crippen molar-refractivity contribution in [2.75, 3.05) is 5.32 Å². The van der Waals surface area contributed by atoms with Gasteiger partial charge in [0.2, 0.25) is 5.91 Å². The van der Waals surface area contributed by atoms with Crippen molar-refractivity contribution in [3.05, 3.63) is 29.8 Å². The number of halogens is 4. The van der Waals surface area contributed by atoms with Gasteiger partial charge in [0.05, 0.1) is 12.5 Å². The smallest absolute Gasteiger partial charge is 0.325 e. The van der Waals surface area contributed by atoms with Crippen molar-refractivity contribution in [1.29, 1.82) is 0 Å². The summed E-state index contributed by atoms with van der Waals surface area (Å²) in [7, 11) is 0. The maximum Gasteiger partial charge on any atom is 0.393 e. The highest BCUT2D eigenvalue weighted by atomic mass is 35.5. The molecule has 0 aromatic heterocycles. The van der Waals surface area contributed by atoms with E-state index in [1.54, 1.807) is 0 Å². The Kier molecular flexibility index (Phi) is 6.70. The van der Waals surface area contributed by atoms with E-state index in [1.165, 1.54) is 24.3 Å². The van der Waals surface area contributed by atoms with Crippen molar-refractivity contribution < 1.29 is 18.0 Å². The number of alkyl halides is 3. The Morgan fingerprint density at radius 1 is 1.29 bits per heavy atom. The van der Waals surface area contributed by atoms with Crippen LogP contribution in [-0.4, -0.2) is 18.1 Å². The lowest BCUT2D eigenvalue weighted by Crippen LogP contribution is -2.45. The second-order valence-electron chi connectivity index (χ2n) is 5.83. The highest BCUT2D eigenvalue weighted by Crippen LogP contribution is 2.23. The molecule has 0 heterocycles. The van der Waals surface area contributed by atoms with Crippen molar-refractivity contribution in [2.45, 2.75) is 39.4 Å². The molecule has 0 aliphatic heterocycles. The lowest BCUT2D eigenvalue weighted by atomic mass is 9.87. The molecule has 21 heavy (non-hydrogen) atoms. The van der Waals surface area contributed by atoms with Crippen LogP contribution in [0.5, 0.6) is 0 Å². The van der Waals surface area contributed by atoms with Gasteiger partial charge in [0, 0.05) is 5.69 Å². The van der Waals surface area contributed by atoms with Gasteiger partial charge >= 0.3 is 6.18 Å². The molecule has 1 aromatic rings. The van der Waals surface area contributed by atoms with Gasteiger partial charge in [-0.05, 0) is 23.1 Å². The first-order valence-corrected chi connectivity index (χ1v) is 6.21. The second kappa shape index (κ2) is 7.13. The molecule has 0 saturated heterocycles. The van der Waals surface area contributed by atoms with Crippen molar-refractivity contribution in [1.82, 2.24) is 0 Å². The summed E-state index contributed by atoms with van der Waals surface area (Å²) in [5.41, 5.74) is 5.78. The highest BCUT2D eigenvalue weighted by molar-refractivity contribution is 5.95. The van der Waals surface area contributed by atoms with Gasteiger partial charge in [-0.15, -0.1) is 12.4 Å². The Bertz CT molecular complexity index is 484. The minimum Gasteiger partial charge on any atom is -0.325 e. The minimum absolute atomic E-state index is 0. The van der Waals surface area contributed by atoms with Gasteiger partial charge in [-0.2, -0.15) is 13.2 Å². The van der Waals surface area contributed by atoms with Crippen molar-refractivity contribution in [3.63, 3.8) is 0 Å². The number of anilines is 1. The zero-order valence-corrected chi connectivity index (χ0v) is 12.9. The maximum absolute atomic E-state index is 12.3. The molecule has 0 aliphatic rings. The zero-order valence-electron chi connectivity index (χ0n) is 12.1. The Labute approximate surface area is 128 Å². The number of carbonyl (C=O) groups is 1. The average Bonchev–Trinajstić information content (AvgIpc) is 2.24. The van der Waals surface area contributed by atoms with E-state index in [1.807, 2.05) is 20.8 Å². The third kappa shape index (κ3) is 6.82. The van der Waals surface area contributed by atoms with Gasteiger partial charge in [-0.1, -0.05) is 32.9 Å². The van der Waals surface area contributed by atoms with Gasteiger partial charge in [0.15, 0.2) is 0 Å². The van der Waals surface area contributed by atoms with E-state index in [-0.39, 0.29) is 18.0 Å². The van der Waals surface area contributed by atoms with Crippen LogP contribution in [0.4, 0.5) is 18.9 Å². The van der Waals surface area contributed by atoms with Crippen LogP contribution in [0, 0.1) is 5.41 Å². The normalized spacial score (nSPS) is 13.3.